The molecule has 268 valence electrons. The molecule has 0 spiro atoms. The number of fused-ring (bicyclic) bond motifs is 6. The molecule has 0 bridgehead atoms. The summed E-state index contributed by atoms with van der Waals surface area (Å²) in [6.07, 6.45) is 1.84. The van der Waals surface area contributed by atoms with Crippen LogP contribution < -0.4 is 4.74 Å². The molecule has 1 aliphatic rings. The second kappa shape index (κ2) is 11.8. The first kappa shape index (κ1) is 34.4. The fourth-order valence-electron chi connectivity index (χ4n) is 8.39. The van der Waals surface area contributed by atoms with Crippen LogP contribution in [-0.4, -0.2) is 23.9 Å². The van der Waals surface area contributed by atoms with Gasteiger partial charge in [-0.3, -0.25) is 4.98 Å². The first-order chi connectivity index (χ1) is 25.4. The van der Waals surface area contributed by atoms with Crippen molar-refractivity contribution in [1.29, 1.82) is 0 Å². The van der Waals surface area contributed by atoms with Crippen LogP contribution in [0.25, 0.3) is 66.3 Å². The Hall–Kier alpha value is -5.35. The molecule has 10 rings (SSSR count). The van der Waals surface area contributed by atoms with Gasteiger partial charge in [-0.1, -0.05) is 138 Å². The van der Waals surface area contributed by atoms with Crippen LogP contribution >= 0.6 is 0 Å². The number of ether oxygens (including phenoxy) is 1. The smallest absolute Gasteiger partial charge is 0.503 e. The van der Waals surface area contributed by atoms with Crippen molar-refractivity contribution in [2.45, 2.75) is 64.7 Å². The molecule has 0 radical (unpaired) electrons. The summed E-state index contributed by atoms with van der Waals surface area (Å²) >= 11 is 0. The van der Waals surface area contributed by atoms with Gasteiger partial charge in [-0.15, -0.1) is 29.7 Å². The Balaban J connectivity index is 0.00000384. The predicted octanol–water partition coefficient (Wildman–Crippen LogP) is 11.5. The topological polar surface area (TPSA) is 57.2 Å². The molecular weight excluding hydrogens is 757 g/mol. The molecule has 0 fully saturated rings. The van der Waals surface area contributed by atoms with Gasteiger partial charge in [-0.2, -0.15) is 6.07 Å². The molecule has 0 amide bonds. The van der Waals surface area contributed by atoms with E-state index in [2.05, 4.69) is 148 Å². The number of imidazole rings is 1. The van der Waals surface area contributed by atoms with E-state index in [1.54, 1.807) is 0 Å². The van der Waals surface area contributed by atoms with E-state index in [0.717, 1.165) is 55.2 Å². The van der Waals surface area contributed by atoms with E-state index in [1.807, 2.05) is 30.5 Å². The van der Waals surface area contributed by atoms with E-state index in [-0.39, 0.29) is 36.7 Å². The van der Waals surface area contributed by atoms with Gasteiger partial charge < -0.3 is 13.7 Å². The molecule has 5 heterocycles. The Bertz CT molecular complexity index is 2970. The van der Waals surface area contributed by atoms with Crippen molar-refractivity contribution in [3.05, 3.63) is 138 Å². The van der Waals surface area contributed by atoms with E-state index in [9.17, 15) is 0 Å². The number of pyridine rings is 1. The van der Waals surface area contributed by atoms with Gasteiger partial charge in [0.15, 0.2) is 0 Å². The van der Waals surface area contributed by atoms with Gasteiger partial charge in [0.25, 0.3) is 0 Å². The number of aromatic nitrogens is 5. The van der Waals surface area contributed by atoms with Gasteiger partial charge in [-0.05, 0) is 28.5 Å². The molecule has 0 saturated carbocycles. The molecule has 0 saturated heterocycles. The fourth-order valence-corrected chi connectivity index (χ4v) is 8.39. The maximum atomic E-state index is 6.65. The number of hydrogen-bond acceptors (Lipinski definition) is 4. The van der Waals surface area contributed by atoms with Crippen LogP contribution in [0.1, 0.15) is 65.4 Å². The number of benzene rings is 5. The first-order valence-corrected chi connectivity index (χ1v) is 18.3. The monoisotopic (exact) mass is 795 g/mol. The van der Waals surface area contributed by atoms with Crippen molar-refractivity contribution in [2.24, 2.45) is 0 Å². The normalized spacial score (nSPS) is 14.7. The van der Waals surface area contributed by atoms with Crippen LogP contribution in [0.2, 0.25) is 0 Å². The largest absolute Gasteiger partial charge is 2.00 e. The number of para-hydroxylation sites is 2. The molecule has 9 aromatic rings. The maximum Gasteiger partial charge on any atom is 2.00 e. The zero-order valence-electron chi connectivity index (χ0n) is 31.4. The van der Waals surface area contributed by atoms with Crippen LogP contribution in [0, 0.1) is 12.1 Å². The summed E-state index contributed by atoms with van der Waals surface area (Å²) in [7, 11) is 0. The van der Waals surface area contributed by atoms with Crippen LogP contribution in [0.3, 0.4) is 0 Å². The zero-order chi connectivity index (χ0) is 36.4. The van der Waals surface area contributed by atoms with Gasteiger partial charge in [0.1, 0.15) is 0 Å². The van der Waals surface area contributed by atoms with E-state index in [1.165, 1.54) is 22.2 Å². The van der Waals surface area contributed by atoms with Crippen molar-refractivity contribution in [3.63, 3.8) is 0 Å². The third-order valence-electron chi connectivity index (χ3n) is 11.8. The van der Waals surface area contributed by atoms with Gasteiger partial charge in [0.05, 0.1) is 17.0 Å². The SMILES string of the molecule is CC(C)(C)c1ccnc(-n2c3[c-]c(Oc4[c-]c5c(cc4)c4cccc6c4n4c(c(-c7ccccc7)nc54)C(C)(C)C6(C)C)ccc3c3ccccc32)n1.[Pd+2]. The second-order valence-corrected chi connectivity index (χ2v) is 16.4. The molecule has 6 nitrogen and oxygen atoms in total. The van der Waals surface area contributed by atoms with Crippen LogP contribution in [-0.2, 0) is 36.7 Å². The quantitative estimate of drug-likeness (QED) is 0.101. The minimum atomic E-state index is -0.223. The minimum absolute atomic E-state index is 0. The van der Waals surface area contributed by atoms with Crippen molar-refractivity contribution in [2.75, 3.05) is 0 Å². The molecular formula is C47H39N5OPd. The van der Waals surface area contributed by atoms with Gasteiger partial charge in [0, 0.05) is 56.2 Å². The van der Waals surface area contributed by atoms with E-state index < -0.39 is 0 Å². The Morgan fingerprint density at radius 2 is 1.37 bits per heavy atom. The molecule has 5 aromatic carbocycles. The van der Waals surface area contributed by atoms with Gasteiger partial charge >= 0.3 is 20.4 Å². The molecule has 7 heteroatoms. The van der Waals surface area contributed by atoms with Crippen LogP contribution in [0.5, 0.6) is 11.5 Å². The summed E-state index contributed by atoms with van der Waals surface area (Å²) < 4.78 is 11.1. The minimum Gasteiger partial charge on any atom is -0.503 e. The summed E-state index contributed by atoms with van der Waals surface area (Å²) in [5.41, 5.74) is 9.13. The molecule has 0 unspecified atom stereocenters. The van der Waals surface area contributed by atoms with Gasteiger partial charge in [-0.25, -0.2) is 9.97 Å². The standard InChI is InChI=1S/C47H39N5O.Pd/c1-45(2,3)39-24-25-48-44(49-39)51-37-19-12-11-16-32(37)33-23-21-30(27-38(33)51)53-29-20-22-31-34-17-13-18-36-41(34)52-42(47(6,7)46(36,4)5)40(28-14-9-8-10-15-28)50-43(52)35(31)26-29;/h8-25H,1-7H3;/q-2;+2. The van der Waals surface area contributed by atoms with Crippen molar-refractivity contribution >= 4 is 49.1 Å². The molecule has 0 aliphatic carbocycles. The Labute approximate surface area is 328 Å². The molecule has 0 N–H and O–H groups in total. The van der Waals surface area contributed by atoms with Crippen LogP contribution in [0.4, 0.5) is 0 Å². The fraction of sp³-hybridized carbons (Fsp3) is 0.213. The van der Waals surface area contributed by atoms with E-state index >= 15 is 0 Å². The summed E-state index contributed by atoms with van der Waals surface area (Å²) in [5.74, 6) is 1.79. The summed E-state index contributed by atoms with van der Waals surface area (Å²) in [6.45, 7) is 15.9. The van der Waals surface area contributed by atoms with Crippen LogP contribution in [0.15, 0.2) is 109 Å². The Kier molecular flexibility index (Phi) is 7.54. The number of hydrogen-bond donors (Lipinski definition) is 0. The van der Waals surface area contributed by atoms with Gasteiger partial charge in [0.2, 0.25) is 5.95 Å². The average Bonchev–Trinajstić information content (AvgIpc) is 3.72. The summed E-state index contributed by atoms with van der Waals surface area (Å²) in [5, 5.41) is 5.38. The van der Waals surface area contributed by atoms with Crippen molar-refractivity contribution in [1.82, 2.24) is 23.9 Å². The first-order valence-electron chi connectivity index (χ1n) is 18.3. The molecule has 0 atom stereocenters. The third-order valence-corrected chi connectivity index (χ3v) is 11.8. The third kappa shape index (κ3) is 4.78. The van der Waals surface area contributed by atoms with E-state index in [0.29, 0.717) is 17.4 Å². The molecule has 1 aliphatic heterocycles. The Morgan fingerprint density at radius 1 is 0.667 bits per heavy atom. The summed E-state index contributed by atoms with van der Waals surface area (Å²) in [4.78, 5) is 15.2. The molecule has 54 heavy (non-hydrogen) atoms. The van der Waals surface area contributed by atoms with Crippen molar-refractivity contribution < 1.29 is 25.2 Å². The maximum absolute atomic E-state index is 6.65. The zero-order valence-corrected chi connectivity index (χ0v) is 32.9. The predicted molar refractivity (Wildman–Crippen MR) is 215 cm³/mol. The van der Waals surface area contributed by atoms with Crippen molar-refractivity contribution in [3.8, 4) is 28.7 Å². The van der Waals surface area contributed by atoms with E-state index in [4.69, 9.17) is 19.7 Å². The number of rotatable bonds is 4. The average molecular weight is 796 g/mol. The number of nitrogens with zero attached hydrogens (tertiary/aromatic N) is 5. The Morgan fingerprint density at radius 3 is 2.15 bits per heavy atom. The second-order valence-electron chi connectivity index (χ2n) is 16.4. The summed E-state index contributed by atoms with van der Waals surface area (Å²) in [6, 6.07) is 43.1. The molecule has 4 aromatic heterocycles.